The first-order valence-electron chi connectivity index (χ1n) is 11.6. The van der Waals surface area contributed by atoms with Crippen molar-refractivity contribution in [1.82, 2.24) is 15.0 Å². The highest BCUT2D eigenvalue weighted by molar-refractivity contribution is 5.67. The summed E-state index contributed by atoms with van der Waals surface area (Å²) in [5.41, 5.74) is 2.82. The first-order valence-corrected chi connectivity index (χ1v) is 11.6. The molecule has 3 aromatic rings. The van der Waals surface area contributed by atoms with Crippen molar-refractivity contribution in [3.05, 3.63) is 54.4 Å². The summed E-state index contributed by atoms with van der Waals surface area (Å²) in [4.78, 5) is 13.2. The zero-order valence-electron chi connectivity index (χ0n) is 19.8. The van der Waals surface area contributed by atoms with Crippen molar-refractivity contribution in [3.8, 4) is 34.3 Å². The van der Waals surface area contributed by atoms with Gasteiger partial charge in [-0.3, -0.25) is 0 Å². The first-order chi connectivity index (χ1) is 15.4. The van der Waals surface area contributed by atoms with Crippen LogP contribution in [0, 0.1) is 0 Å². The van der Waals surface area contributed by atoms with Gasteiger partial charge in [-0.2, -0.15) is 0 Å². The van der Waals surface area contributed by atoms with E-state index in [2.05, 4.69) is 54.8 Å². The third-order valence-electron chi connectivity index (χ3n) is 5.56. The number of rotatable bonds is 10. The van der Waals surface area contributed by atoms with Gasteiger partial charge >= 0.3 is 0 Å². The van der Waals surface area contributed by atoms with E-state index in [1.54, 1.807) is 12.1 Å². The van der Waals surface area contributed by atoms with Gasteiger partial charge in [-0.05, 0) is 29.5 Å². The van der Waals surface area contributed by atoms with Crippen LogP contribution in [0.25, 0.3) is 22.8 Å². The minimum Gasteiger partial charge on any atom is -0.507 e. The highest BCUT2D eigenvalue weighted by atomic mass is 16.5. The minimum absolute atomic E-state index is 0.0907. The van der Waals surface area contributed by atoms with Crippen LogP contribution in [0.3, 0.4) is 0 Å². The Morgan fingerprint density at radius 1 is 0.844 bits per heavy atom. The summed E-state index contributed by atoms with van der Waals surface area (Å²) in [5, 5.41) is 10.6. The summed E-state index contributed by atoms with van der Waals surface area (Å²) in [6, 6.07) is 13.5. The molecule has 170 valence electrons. The summed E-state index contributed by atoms with van der Waals surface area (Å²) >= 11 is 0. The van der Waals surface area contributed by atoms with Crippen LogP contribution in [0.15, 0.2) is 48.8 Å². The van der Waals surface area contributed by atoms with Crippen LogP contribution in [-0.2, 0) is 5.41 Å². The van der Waals surface area contributed by atoms with Gasteiger partial charge in [0.25, 0.3) is 0 Å². The van der Waals surface area contributed by atoms with Crippen molar-refractivity contribution >= 4 is 0 Å². The molecule has 3 rings (SSSR count). The lowest BCUT2D eigenvalue weighted by Crippen LogP contribution is -2.10. The zero-order valence-corrected chi connectivity index (χ0v) is 19.8. The normalized spacial score (nSPS) is 11.5. The van der Waals surface area contributed by atoms with Crippen LogP contribution in [-0.4, -0.2) is 26.7 Å². The molecule has 0 saturated carbocycles. The van der Waals surface area contributed by atoms with Gasteiger partial charge in [0, 0.05) is 11.6 Å². The summed E-state index contributed by atoms with van der Waals surface area (Å²) in [6.45, 7) is 9.44. The topological polar surface area (TPSA) is 68.1 Å². The van der Waals surface area contributed by atoms with Gasteiger partial charge in [0.05, 0.1) is 12.2 Å². The SMILES string of the molecule is CCCCCCCCOc1ccc(-c2ncnc(-c3ccc(C(C)(C)C)cc3)n2)c(O)c1. The molecular formula is C27H35N3O2. The second-order valence-corrected chi connectivity index (χ2v) is 9.26. The number of phenolic OH excluding ortho intramolecular Hbond substituents is 1. The van der Waals surface area contributed by atoms with Gasteiger partial charge in [0.1, 0.15) is 17.8 Å². The van der Waals surface area contributed by atoms with Crippen LogP contribution in [0.5, 0.6) is 11.5 Å². The van der Waals surface area contributed by atoms with E-state index in [0.29, 0.717) is 29.6 Å². The molecule has 5 nitrogen and oxygen atoms in total. The zero-order chi connectivity index (χ0) is 23.0. The molecule has 32 heavy (non-hydrogen) atoms. The van der Waals surface area contributed by atoms with Gasteiger partial charge in [-0.1, -0.05) is 84.1 Å². The number of nitrogens with zero attached hydrogens (tertiary/aromatic N) is 3. The molecule has 1 aromatic heterocycles. The monoisotopic (exact) mass is 433 g/mol. The Morgan fingerprint density at radius 2 is 1.53 bits per heavy atom. The maximum atomic E-state index is 10.6. The second-order valence-electron chi connectivity index (χ2n) is 9.26. The van der Waals surface area contributed by atoms with E-state index in [9.17, 15) is 5.11 Å². The number of aromatic nitrogens is 3. The van der Waals surface area contributed by atoms with Gasteiger partial charge in [-0.25, -0.2) is 15.0 Å². The summed E-state index contributed by atoms with van der Waals surface area (Å²) in [7, 11) is 0. The Morgan fingerprint density at radius 3 is 2.22 bits per heavy atom. The Hall–Kier alpha value is -2.95. The van der Waals surface area contributed by atoms with Gasteiger partial charge in [-0.15, -0.1) is 0 Å². The third-order valence-corrected chi connectivity index (χ3v) is 5.56. The number of aromatic hydroxyl groups is 1. The molecule has 1 N–H and O–H groups in total. The number of hydrogen-bond acceptors (Lipinski definition) is 5. The Balaban J connectivity index is 1.65. The van der Waals surface area contributed by atoms with Crippen molar-refractivity contribution in [2.75, 3.05) is 6.61 Å². The molecule has 2 aromatic carbocycles. The van der Waals surface area contributed by atoms with Gasteiger partial charge < -0.3 is 9.84 Å². The number of phenols is 1. The van der Waals surface area contributed by atoms with Crippen LogP contribution in [0.2, 0.25) is 0 Å². The molecule has 0 aliphatic heterocycles. The van der Waals surface area contributed by atoms with Crippen molar-refractivity contribution in [2.45, 2.75) is 71.6 Å². The molecule has 0 saturated heterocycles. The highest BCUT2D eigenvalue weighted by Crippen LogP contribution is 2.31. The average molecular weight is 434 g/mol. The van der Waals surface area contributed by atoms with E-state index in [4.69, 9.17) is 4.74 Å². The molecule has 5 heteroatoms. The minimum atomic E-state index is 0.0907. The lowest BCUT2D eigenvalue weighted by atomic mass is 9.87. The third kappa shape index (κ3) is 6.52. The Bertz CT molecular complexity index is 995. The highest BCUT2D eigenvalue weighted by Gasteiger charge is 2.15. The lowest BCUT2D eigenvalue weighted by molar-refractivity contribution is 0.303. The van der Waals surface area contributed by atoms with E-state index in [0.717, 1.165) is 12.0 Å². The summed E-state index contributed by atoms with van der Waals surface area (Å²) in [5.74, 6) is 1.78. The largest absolute Gasteiger partial charge is 0.507 e. The van der Waals surface area contributed by atoms with Crippen LogP contribution >= 0.6 is 0 Å². The maximum Gasteiger partial charge on any atom is 0.167 e. The van der Waals surface area contributed by atoms with Crippen molar-refractivity contribution < 1.29 is 9.84 Å². The number of unbranched alkanes of at least 4 members (excludes halogenated alkanes) is 5. The van der Waals surface area contributed by atoms with Crippen molar-refractivity contribution in [3.63, 3.8) is 0 Å². The smallest absolute Gasteiger partial charge is 0.167 e. The average Bonchev–Trinajstić information content (AvgIpc) is 2.78. The standard InChI is InChI=1S/C27H35N3O2/c1-5-6-7-8-9-10-17-32-22-15-16-23(24(31)18-22)26-29-19-28-25(30-26)20-11-13-21(14-12-20)27(2,3)4/h11-16,18-19,31H,5-10,17H2,1-4H3. The predicted octanol–water partition coefficient (Wildman–Crippen LogP) is 6.95. The van der Waals surface area contributed by atoms with Crippen LogP contribution in [0.4, 0.5) is 0 Å². The predicted molar refractivity (Wildman–Crippen MR) is 130 cm³/mol. The number of benzene rings is 2. The van der Waals surface area contributed by atoms with E-state index >= 15 is 0 Å². The molecule has 0 aliphatic carbocycles. The second kappa shape index (κ2) is 11.1. The fourth-order valence-corrected chi connectivity index (χ4v) is 3.55. The number of ether oxygens (including phenoxy) is 1. The van der Waals surface area contributed by atoms with E-state index in [-0.39, 0.29) is 11.2 Å². The molecular weight excluding hydrogens is 398 g/mol. The maximum absolute atomic E-state index is 10.6. The summed E-state index contributed by atoms with van der Waals surface area (Å²) < 4.78 is 5.80. The van der Waals surface area contributed by atoms with E-state index in [1.807, 2.05) is 18.2 Å². The van der Waals surface area contributed by atoms with Crippen LogP contribution in [0.1, 0.15) is 71.8 Å². The number of hydrogen-bond donors (Lipinski definition) is 1. The molecule has 0 bridgehead atoms. The first kappa shape index (κ1) is 23.7. The molecule has 0 fully saturated rings. The van der Waals surface area contributed by atoms with Gasteiger partial charge in [0.2, 0.25) is 0 Å². The lowest BCUT2D eigenvalue weighted by Gasteiger charge is -2.19. The molecule has 1 heterocycles. The van der Waals surface area contributed by atoms with Gasteiger partial charge in [0.15, 0.2) is 11.6 Å². The molecule has 0 atom stereocenters. The van der Waals surface area contributed by atoms with Crippen molar-refractivity contribution in [1.29, 1.82) is 0 Å². The molecule has 0 spiro atoms. The fraction of sp³-hybridized carbons (Fsp3) is 0.444. The van der Waals surface area contributed by atoms with E-state index in [1.165, 1.54) is 44.0 Å². The molecule has 0 radical (unpaired) electrons. The molecule has 0 unspecified atom stereocenters. The molecule has 0 aliphatic rings. The van der Waals surface area contributed by atoms with Crippen molar-refractivity contribution in [2.24, 2.45) is 0 Å². The Kier molecular flexibility index (Phi) is 8.20. The molecule has 0 amide bonds. The summed E-state index contributed by atoms with van der Waals surface area (Å²) in [6.07, 6.45) is 8.79. The fourth-order valence-electron chi connectivity index (χ4n) is 3.55. The van der Waals surface area contributed by atoms with E-state index < -0.39 is 0 Å². The Labute approximate surface area is 191 Å². The quantitative estimate of drug-likeness (QED) is 0.350. The van der Waals surface area contributed by atoms with Crippen LogP contribution < -0.4 is 4.74 Å².